The number of carbonyl (C=O) groups is 4. The minimum absolute atomic E-state index is 0.0624. The Bertz CT molecular complexity index is 2150. The number of benzene rings is 3. The second kappa shape index (κ2) is 18.8. The maximum atomic E-state index is 14.2. The maximum Gasteiger partial charge on any atom is 0.418 e. The van der Waals surface area contributed by atoms with Crippen molar-refractivity contribution in [2.24, 2.45) is 11.8 Å². The van der Waals surface area contributed by atoms with E-state index in [9.17, 15) is 32.3 Å². The molecule has 0 bridgehead atoms. The lowest BCUT2D eigenvalue weighted by atomic mass is 9.78. The fraction of sp³-hybridized carbons (Fsp3) is 0.522. The highest BCUT2D eigenvalue weighted by Crippen LogP contribution is 2.39. The van der Waals surface area contributed by atoms with E-state index in [1.807, 2.05) is 36.4 Å². The molecule has 0 spiro atoms. The molecule has 8 rings (SSSR count). The lowest BCUT2D eigenvalue weighted by Gasteiger charge is -2.41. The number of anilines is 2. The van der Waals surface area contributed by atoms with Crippen LogP contribution >= 0.6 is 11.6 Å². The molecular weight excluding hydrogens is 825 g/mol. The van der Waals surface area contributed by atoms with Gasteiger partial charge in [-0.15, -0.1) is 0 Å². The minimum Gasteiger partial charge on any atom is -0.436 e. The third-order valence-corrected chi connectivity index (χ3v) is 13.9. The Morgan fingerprint density at radius 3 is 2.21 bits per heavy atom. The van der Waals surface area contributed by atoms with Gasteiger partial charge in [0.15, 0.2) is 6.10 Å². The molecule has 3 aromatic carbocycles. The molecule has 62 heavy (non-hydrogen) atoms. The summed E-state index contributed by atoms with van der Waals surface area (Å²) in [5.74, 6) is 0.621. The van der Waals surface area contributed by atoms with Crippen LogP contribution in [-0.4, -0.2) is 108 Å². The highest BCUT2D eigenvalue weighted by Gasteiger charge is 2.39. The number of hydrogen-bond acceptors (Lipinski definition) is 8. The van der Waals surface area contributed by atoms with Crippen LogP contribution in [0.15, 0.2) is 54.6 Å². The van der Waals surface area contributed by atoms with Gasteiger partial charge < -0.3 is 35.2 Å². The third kappa shape index (κ3) is 10.1. The minimum atomic E-state index is -4.79. The van der Waals surface area contributed by atoms with E-state index >= 15 is 0 Å². The van der Waals surface area contributed by atoms with E-state index in [0.717, 1.165) is 75.4 Å². The van der Waals surface area contributed by atoms with E-state index in [1.54, 1.807) is 9.80 Å². The molecule has 4 amide bonds. The molecule has 4 heterocycles. The second-order valence-corrected chi connectivity index (χ2v) is 17.8. The number of fused-ring (bicyclic) bond motifs is 2. The number of ether oxygens (including phenoxy) is 2. The van der Waals surface area contributed by atoms with Gasteiger partial charge in [0, 0.05) is 50.9 Å². The molecule has 5 aliphatic rings. The molecule has 0 radical (unpaired) electrons. The summed E-state index contributed by atoms with van der Waals surface area (Å²) < 4.78 is 53.5. The van der Waals surface area contributed by atoms with Crippen molar-refractivity contribution in [2.45, 2.75) is 89.0 Å². The van der Waals surface area contributed by atoms with Gasteiger partial charge in [0.25, 0.3) is 5.91 Å². The summed E-state index contributed by atoms with van der Waals surface area (Å²) in [4.78, 5) is 61.0. The van der Waals surface area contributed by atoms with Crippen LogP contribution in [0.2, 0.25) is 5.02 Å². The fourth-order valence-corrected chi connectivity index (χ4v) is 10.3. The van der Waals surface area contributed by atoms with Gasteiger partial charge in [0.05, 0.1) is 22.8 Å². The number of nitrogens with one attached hydrogen (secondary N) is 1. The van der Waals surface area contributed by atoms with Gasteiger partial charge in [-0.1, -0.05) is 35.9 Å². The van der Waals surface area contributed by atoms with Crippen LogP contribution in [0.4, 0.5) is 34.1 Å². The molecule has 12 nitrogen and oxygen atoms in total. The number of rotatable bonds is 9. The lowest BCUT2D eigenvalue weighted by Crippen LogP contribution is -2.52. The number of hydrogen-bond donors (Lipinski definition) is 2. The van der Waals surface area contributed by atoms with Crippen molar-refractivity contribution in [3.63, 3.8) is 0 Å². The van der Waals surface area contributed by atoms with E-state index in [1.165, 1.54) is 22.1 Å². The van der Waals surface area contributed by atoms with Gasteiger partial charge in [-0.2, -0.15) is 13.2 Å². The zero-order chi connectivity index (χ0) is 43.5. The largest absolute Gasteiger partial charge is 0.436 e. The first kappa shape index (κ1) is 43.6. The van der Waals surface area contributed by atoms with E-state index in [2.05, 4.69) is 16.3 Å². The summed E-state index contributed by atoms with van der Waals surface area (Å²) in [6, 6.07) is 15.4. The Morgan fingerprint density at radius 2 is 1.48 bits per heavy atom. The summed E-state index contributed by atoms with van der Waals surface area (Å²) in [7, 11) is 0. The van der Waals surface area contributed by atoms with Crippen LogP contribution in [0.1, 0.15) is 72.8 Å². The number of piperidine rings is 3. The predicted octanol–water partition coefficient (Wildman–Crippen LogP) is 7.59. The Kier molecular flexibility index (Phi) is 13.2. The van der Waals surface area contributed by atoms with Crippen LogP contribution in [0.5, 0.6) is 5.75 Å². The Hall–Kier alpha value is -5.02. The molecule has 0 unspecified atom stereocenters. The Morgan fingerprint density at radius 1 is 0.806 bits per heavy atom. The van der Waals surface area contributed by atoms with Crippen molar-refractivity contribution in [3.05, 3.63) is 87.4 Å². The van der Waals surface area contributed by atoms with Gasteiger partial charge in [-0.3, -0.25) is 14.5 Å². The van der Waals surface area contributed by atoms with Gasteiger partial charge in [0.2, 0.25) is 0 Å². The normalized spacial score (nSPS) is 19.9. The van der Waals surface area contributed by atoms with Crippen molar-refractivity contribution >= 4 is 47.0 Å². The monoisotopic (exact) mass is 878 g/mol. The number of nitrogens with two attached hydrogens (primary N) is 1. The number of para-hydroxylation sites is 1. The van der Waals surface area contributed by atoms with Gasteiger partial charge in [0.1, 0.15) is 5.75 Å². The molecule has 3 N–H and O–H groups in total. The highest BCUT2D eigenvalue weighted by atomic mass is 35.5. The lowest BCUT2D eigenvalue weighted by molar-refractivity contribution is -0.142. The molecule has 16 heteroatoms. The maximum absolute atomic E-state index is 14.2. The zero-order valence-electron chi connectivity index (χ0n) is 34.8. The Labute approximate surface area is 364 Å². The molecule has 4 aliphatic heterocycles. The number of amides is 4. The van der Waals surface area contributed by atoms with Crippen molar-refractivity contribution < 1.29 is 41.8 Å². The first-order chi connectivity index (χ1) is 29.8. The summed E-state index contributed by atoms with van der Waals surface area (Å²) in [6.07, 6.45) is 0.896. The molecule has 3 fully saturated rings. The fourth-order valence-electron chi connectivity index (χ4n) is 10.0. The van der Waals surface area contributed by atoms with Crippen molar-refractivity contribution in [2.75, 3.05) is 63.4 Å². The standard InChI is InChI=1S/C46H54ClF3N6O6/c47-38-25-29(24-37(42(38)51)46(48,49)50)26-40(62-45(60)55-21-15-35(16-22-55)56-23-14-33-4-1-2-7-39(33)52-44(56)59)43(58)54-19-12-32(13-20-54)31-10-17-53(18-11-31)28-41(57)61-36-9-8-30-5-3-6-34(30)27-36/h1-2,4,7-9,24-25,27,31-32,35,40H,3,5-6,10-23,26,28,51H2,(H,52,59)/t40-/m1/s1. The SMILES string of the molecule is Nc1c(Cl)cc(C[C@@H](OC(=O)N2CCC(N3CCc4ccccc4NC3=O)CC2)C(=O)N2CCC(C3CCN(CC(=O)Oc4ccc5c(c4)CCC5)CC3)CC2)cc1C(F)(F)F. The number of esters is 1. The van der Waals surface area contributed by atoms with Crippen molar-refractivity contribution in [1.29, 1.82) is 0 Å². The number of nitrogens with zero attached hydrogens (tertiary/aromatic N) is 4. The zero-order valence-corrected chi connectivity index (χ0v) is 35.5. The molecule has 1 aliphatic carbocycles. The first-order valence-electron chi connectivity index (χ1n) is 21.9. The summed E-state index contributed by atoms with van der Waals surface area (Å²) >= 11 is 6.17. The van der Waals surface area contributed by atoms with Crippen LogP contribution in [0.25, 0.3) is 0 Å². The number of carbonyl (C=O) groups excluding carboxylic acids is 4. The molecule has 3 aromatic rings. The average Bonchev–Trinajstić information content (AvgIpc) is 3.66. The van der Waals surface area contributed by atoms with Crippen LogP contribution in [0.3, 0.4) is 0 Å². The summed E-state index contributed by atoms with van der Waals surface area (Å²) in [5, 5.41) is 2.69. The quantitative estimate of drug-likeness (QED) is 0.128. The van der Waals surface area contributed by atoms with Gasteiger partial charge in [-0.05, 0) is 142 Å². The number of likely N-dealkylation sites (tertiary alicyclic amines) is 3. The number of alkyl halides is 3. The van der Waals surface area contributed by atoms with E-state index in [0.29, 0.717) is 56.5 Å². The summed E-state index contributed by atoms with van der Waals surface area (Å²) in [5.41, 5.74) is 8.45. The molecular formula is C46H54ClF3N6O6. The molecule has 332 valence electrons. The smallest absolute Gasteiger partial charge is 0.418 e. The molecule has 0 aromatic heterocycles. The topological polar surface area (TPSA) is 138 Å². The predicted molar refractivity (Wildman–Crippen MR) is 228 cm³/mol. The van der Waals surface area contributed by atoms with E-state index in [4.69, 9.17) is 26.8 Å². The number of halogens is 4. The van der Waals surface area contributed by atoms with Gasteiger partial charge in [-0.25, -0.2) is 9.59 Å². The highest BCUT2D eigenvalue weighted by molar-refractivity contribution is 6.33. The molecule has 0 saturated carbocycles. The second-order valence-electron chi connectivity index (χ2n) is 17.4. The molecule has 3 saturated heterocycles. The van der Waals surface area contributed by atoms with Crippen molar-refractivity contribution in [1.82, 2.24) is 19.6 Å². The van der Waals surface area contributed by atoms with Crippen molar-refractivity contribution in [3.8, 4) is 5.75 Å². The summed E-state index contributed by atoms with van der Waals surface area (Å²) in [6.45, 7) is 3.65. The molecule has 1 atom stereocenters. The number of urea groups is 1. The van der Waals surface area contributed by atoms with Crippen LogP contribution < -0.4 is 15.8 Å². The third-order valence-electron chi connectivity index (χ3n) is 13.5. The number of nitrogen functional groups attached to an aromatic ring is 1. The van der Waals surface area contributed by atoms with E-state index in [-0.39, 0.29) is 54.7 Å². The average molecular weight is 879 g/mol. The van der Waals surface area contributed by atoms with Crippen LogP contribution in [0, 0.1) is 11.8 Å². The van der Waals surface area contributed by atoms with E-state index < -0.39 is 35.5 Å². The first-order valence-corrected chi connectivity index (χ1v) is 22.3. The Balaban J connectivity index is 0.861. The van der Waals surface area contributed by atoms with Crippen LogP contribution in [-0.2, 0) is 46.2 Å². The number of aryl methyl sites for hydroxylation is 2. The van der Waals surface area contributed by atoms with Gasteiger partial charge >= 0.3 is 24.3 Å².